The van der Waals surface area contributed by atoms with Gasteiger partial charge in [-0.3, -0.25) is 4.90 Å². The van der Waals surface area contributed by atoms with Crippen molar-refractivity contribution in [3.63, 3.8) is 0 Å². The van der Waals surface area contributed by atoms with Crippen molar-refractivity contribution in [2.45, 2.75) is 63.8 Å². The average Bonchev–Trinajstić information content (AvgIpc) is 3.33. The third-order valence-electron chi connectivity index (χ3n) is 10.5. The van der Waals surface area contributed by atoms with Gasteiger partial charge in [-0.1, -0.05) is 92.2 Å². The standard InChI is InChI=1S/C40H41ClN2/c1-39(2)34(42(5)32-22-18-26-12-7-9-16-30(26)36(32)39)24-20-28-14-11-15-29(38(28)41)21-25-35-40(3,4)37-31-17-10-8-13-27(31)19-23-33(37)43(35)6/h7-10,12-13,16-25,34H,11,14-15H2,1-6H3/p+1/b24-20+,29-21+,35-25-. The zero-order valence-electron chi connectivity index (χ0n) is 26.3. The number of hydrogen-bond acceptors (Lipinski definition) is 1. The summed E-state index contributed by atoms with van der Waals surface area (Å²) < 4.78 is 0. The minimum Gasteiger partial charge on any atom is -0.347 e. The lowest BCUT2D eigenvalue weighted by Crippen LogP contribution is -3.07. The Morgan fingerprint density at radius 1 is 0.814 bits per heavy atom. The van der Waals surface area contributed by atoms with Crippen molar-refractivity contribution >= 4 is 44.5 Å². The maximum absolute atomic E-state index is 7.18. The molecule has 0 fully saturated rings. The number of likely N-dealkylation sites (N-methyl/N-ethyl adjacent to an activating group) is 2. The lowest BCUT2D eigenvalue weighted by atomic mass is 9.78. The number of quaternary nitrogens is 1. The van der Waals surface area contributed by atoms with Gasteiger partial charge in [0.05, 0.1) is 12.5 Å². The first-order chi connectivity index (χ1) is 20.6. The monoisotopic (exact) mass is 585 g/mol. The smallest absolute Gasteiger partial charge is 0.136 e. The van der Waals surface area contributed by atoms with Gasteiger partial charge in [0.15, 0.2) is 0 Å². The number of allylic oxidation sites excluding steroid dienone is 7. The van der Waals surface area contributed by atoms with Crippen LogP contribution in [0.3, 0.4) is 0 Å². The molecule has 4 aromatic carbocycles. The van der Waals surface area contributed by atoms with Crippen LogP contribution in [-0.2, 0) is 10.8 Å². The van der Waals surface area contributed by atoms with E-state index in [2.05, 4.69) is 144 Å². The number of fused-ring (bicyclic) bond motifs is 6. The number of nitrogens with zero attached hydrogens (tertiary/aromatic N) is 1. The topological polar surface area (TPSA) is 7.68 Å². The van der Waals surface area contributed by atoms with Gasteiger partial charge in [-0.15, -0.1) is 0 Å². The van der Waals surface area contributed by atoms with Crippen molar-refractivity contribution in [3.05, 3.63) is 130 Å². The molecule has 0 saturated heterocycles. The van der Waals surface area contributed by atoms with Crippen LogP contribution in [0.2, 0.25) is 0 Å². The molecule has 4 aromatic rings. The molecule has 0 amide bonds. The molecular weight excluding hydrogens is 544 g/mol. The largest absolute Gasteiger partial charge is 0.347 e. The fraction of sp³-hybridized carbons (Fsp3) is 0.300. The van der Waals surface area contributed by atoms with E-state index in [1.54, 1.807) is 0 Å². The lowest BCUT2D eigenvalue weighted by Gasteiger charge is -2.26. The van der Waals surface area contributed by atoms with E-state index in [0.717, 1.165) is 24.3 Å². The molecule has 0 aromatic heterocycles. The van der Waals surface area contributed by atoms with Crippen molar-refractivity contribution in [1.82, 2.24) is 0 Å². The van der Waals surface area contributed by atoms with E-state index in [0.29, 0.717) is 6.04 Å². The molecule has 2 atom stereocenters. The molecular formula is C40H42ClN2+. The Morgan fingerprint density at radius 3 is 2.19 bits per heavy atom. The van der Waals surface area contributed by atoms with Crippen molar-refractivity contribution < 1.29 is 4.90 Å². The Labute approximate surface area is 261 Å². The summed E-state index contributed by atoms with van der Waals surface area (Å²) in [5.41, 5.74) is 9.31. The number of anilines is 1. The molecule has 2 heterocycles. The fourth-order valence-electron chi connectivity index (χ4n) is 8.34. The molecule has 0 spiro atoms. The molecule has 7 rings (SSSR count). The second kappa shape index (κ2) is 10.3. The summed E-state index contributed by atoms with van der Waals surface area (Å²) in [6, 6.07) is 27.0. The van der Waals surface area contributed by atoms with Gasteiger partial charge >= 0.3 is 0 Å². The zero-order valence-corrected chi connectivity index (χ0v) is 27.0. The van der Waals surface area contributed by atoms with Gasteiger partial charge in [-0.25, -0.2) is 0 Å². The summed E-state index contributed by atoms with van der Waals surface area (Å²) >= 11 is 7.18. The highest BCUT2D eigenvalue weighted by Crippen LogP contribution is 2.50. The summed E-state index contributed by atoms with van der Waals surface area (Å²) in [5, 5.41) is 6.26. The quantitative estimate of drug-likeness (QED) is 0.252. The maximum atomic E-state index is 7.18. The second-order valence-electron chi connectivity index (χ2n) is 13.8. The first-order valence-electron chi connectivity index (χ1n) is 15.7. The molecule has 2 unspecified atom stereocenters. The van der Waals surface area contributed by atoms with Crippen LogP contribution in [0.25, 0.3) is 21.5 Å². The van der Waals surface area contributed by atoms with Gasteiger partial charge < -0.3 is 4.90 Å². The van der Waals surface area contributed by atoms with E-state index in [1.807, 2.05) is 0 Å². The predicted molar refractivity (Wildman–Crippen MR) is 185 cm³/mol. The van der Waals surface area contributed by atoms with Gasteiger partial charge in [0.25, 0.3) is 0 Å². The molecule has 3 heteroatoms. The van der Waals surface area contributed by atoms with Crippen molar-refractivity contribution in [2.24, 2.45) is 0 Å². The Hall–Kier alpha value is -3.59. The number of rotatable bonds is 3. The third kappa shape index (κ3) is 4.33. The molecule has 0 radical (unpaired) electrons. The highest BCUT2D eigenvalue weighted by atomic mass is 35.5. The Bertz CT molecular complexity index is 1900. The number of hydrogen-bond donors (Lipinski definition) is 1. The van der Waals surface area contributed by atoms with Crippen molar-refractivity contribution in [3.8, 4) is 0 Å². The van der Waals surface area contributed by atoms with Gasteiger partial charge in [-0.2, -0.15) is 0 Å². The van der Waals surface area contributed by atoms with Crippen LogP contribution < -0.4 is 9.80 Å². The van der Waals surface area contributed by atoms with E-state index in [1.165, 1.54) is 65.8 Å². The van der Waals surface area contributed by atoms with Gasteiger partial charge in [-0.05, 0) is 102 Å². The van der Waals surface area contributed by atoms with Gasteiger partial charge in [0.1, 0.15) is 11.7 Å². The van der Waals surface area contributed by atoms with E-state index >= 15 is 0 Å². The van der Waals surface area contributed by atoms with Gasteiger partial charge in [0, 0.05) is 34.4 Å². The Morgan fingerprint density at radius 2 is 1.47 bits per heavy atom. The summed E-state index contributed by atoms with van der Waals surface area (Å²) in [6.45, 7) is 9.50. The fourth-order valence-corrected chi connectivity index (χ4v) is 8.65. The summed E-state index contributed by atoms with van der Waals surface area (Å²) in [6.07, 6.45) is 12.5. The molecule has 0 bridgehead atoms. The Balaban J connectivity index is 1.20. The minimum atomic E-state index is -0.101. The average molecular weight is 586 g/mol. The molecule has 218 valence electrons. The first kappa shape index (κ1) is 28.2. The zero-order chi connectivity index (χ0) is 30.1. The summed E-state index contributed by atoms with van der Waals surface area (Å²) in [4.78, 5) is 3.82. The third-order valence-corrected chi connectivity index (χ3v) is 11.0. The Kier molecular flexibility index (Phi) is 6.72. The molecule has 3 aliphatic rings. The van der Waals surface area contributed by atoms with Crippen LogP contribution >= 0.6 is 11.6 Å². The van der Waals surface area contributed by atoms with E-state index < -0.39 is 0 Å². The molecule has 1 aliphatic carbocycles. The highest BCUT2D eigenvalue weighted by molar-refractivity contribution is 6.32. The maximum Gasteiger partial charge on any atom is 0.136 e. The number of benzene rings is 4. The second-order valence-corrected chi connectivity index (χ2v) is 14.1. The molecule has 2 nitrogen and oxygen atoms in total. The van der Waals surface area contributed by atoms with E-state index in [4.69, 9.17) is 11.6 Å². The summed E-state index contributed by atoms with van der Waals surface area (Å²) in [7, 11) is 4.51. The van der Waals surface area contributed by atoms with E-state index in [9.17, 15) is 0 Å². The molecule has 0 saturated carbocycles. The molecule has 2 aliphatic heterocycles. The van der Waals surface area contributed by atoms with E-state index in [-0.39, 0.29) is 10.8 Å². The number of halogens is 1. The van der Waals surface area contributed by atoms with Crippen LogP contribution in [-0.4, -0.2) is 20.1 Å². The van der Waals surface area contributed by atoms with Crippen LogP contribution in [0.5, 0.6) is 0 Å². The molecule has 43 heavy (non-hydrogen) atoms. The molecule has 1 N–H and O–H groups in total. The van der Waals surface area contributed by atoms with Crippen LogP contribution in [0.1, 0.15) is 58.1 Å². The summed E-state index contributed by atoms with van der Waals surface area (Å²) in [5.74, 6) is 0. The van der Waals surface area contributed by atoms with Crippen molar-refractivity contribution in [2.75, 3.05) is 19.0 Å². The first-order valence-corrected chi connectivity index (χ1v) is 16.1. The van der Waals surface area contributed by atoms with Crippen molar-refractivity contribution in [1.29, 1.82) is 0 Å². The predicted octanol–water partition coefficient (Wildman–Crippen LogP) is 9.27. The lowest BCUT2D eigenvalue weighted by molar-refractivity contribution is -0.828. The van der Waals surface area contributed by atoms with Crippen LogP contribution in [0, 0.1) is 0 Å². The van der Waals surface area contributed by atoms with Gasteiger partial charge in [0.2, 0.25) is 0 Å². The minimum absolute atomic E-state index is 0.0133. The number of nitrogens with one attached hydrogen (secondary N) is 1. The normalized spacial score (nSPS) is 24.6. The van der Waals surface area contributed by atoms with Crippen LogP contribution in [0.15, 0.2) is 119 Å². The van der Waals surface area contributed by atoms with Crippen LogP contribution in [0.4, 0.5) is 11.4 Å². The highest BCUT2D eigenvalue weighted by Gasteiger charge is 2.47. The SMILES string of the molecule is CN1/C(=C\C=C2/CCCC(/C=C/C3[NH+](C)c4ccc5ccccc5c4C3(C)C)=C2Cl)C(C)(C)c2c1ccc1ccccc21.